The van der Waals surface area contributed by atoms with Crippen LogP contribution in [0.5, 0.6) is 0 Å². The van der Waals surface area contributed by atoms with Crippen LogP contribution in [0.25, 0.3) is 32.9 Å². The lowest BCUT2D eigenvalue weighted by Gasteiger charge is -2.01. The summed E-state index contributed by atoms with van der Waals surface area (Å²) < 4.78 is 0. The Morgan fingerprint density at radius 1 is 0.615 bits per heavy atom. The van der Waals surface area contributed by atoms with Gasteiger partial charge in [0.1, 0.15) is 0 Å². The predicted molar refractivity (Wildman–Crippen MR) is 118 cm³/mol. The molecule has 0 unspecified atom stereocenters. The third kappa shape index (κ3) is 3.26. The van der Waals surface area contributed by atoms with Crippen LogP contribution >= 0.6 is 0 Å². The fraction of sp³-hybridized carbons (Fsp3) is 0.280. The molecule has 26 heavy (non-hydrogen) atoms. The Bertz CT molecular complexity index is 976. The van der Waals surface area contributed by atoms with Gasteiger partial charge in [-0.3, -0.25) is 0 Å². The highest BCUT2D eigenvalue weighted by Gasteiger charge is 2.21. The molecule has 1 aromatic heterocycles. The summed E-state index contributed by atoms with van der Waals surface area (Å²) in [4.78, 5) is 3.61. The molecule has 1 N–H and O–H groups in total. The zero-order chi connectivity index (χ0) is 19.1. The fourth-order valence-corrected chi connectivity index (χ4v) is 3.54. The Balaban J connectivity index is 0.000000371. The predicted octanol–water partition coefficient (Wildman–Crippen LogP) is 7.97. The Labute approximate surface area is 158 Å². The molecule has 1 nitrogen and oxygen atoms in total. The van der Waals surface area contributed by atoms with E-state index in [1.165, 1.54) is 44.1 Å². The van der Waals surface area contributed by atoms with Gasteiger partial charge in [-0.1, -0.05) is 96.1 Å². The van der Waals surface area contributed by atoms with Gasteiger partial charge in [0.2, 0.25) is 0 Å². The van der Waals surface area contributed by atoms with Crippen LogP contribution in [0.2, 0.25) is 0 Å². The van der Waals surface area contributed by atoms with Crippen molar-refractivity contribution in [3.05, 3.63) is 71.8 Å². The largest absolute Gasteiger partial charge is 0.354 e. The van der Waals surface area contributed by atoms with Crippen molar-refractivity contribution in [3.63, 3.8) is 0 Å². The van der Waals surface area contributed by atoms with Crippen LogP contribution in [-0.4, -0.2) is 4.98 Å². The van der Waals surface area contributed by atoms with Crippen LogP contribution < -0.4 is 0 Å². The van der Waals surface area contributed by atoms with E-state index in [2.05, 4.69) is 65.6 Å². The molecule has 1 aliphatic carbocycles. The summed E-state index contributed by atoms with van der Waals surface area (Å²) >= 11 is 0. The lowest BCUT2D eigenvalue weighted by molar-refractivity contribution is 1.27. The van der Waals surface area contributed by atoms with Gasteiger partial charge in [0.25, 0.3) is 0 Å². The first-order valence-electron chi connectivity index (χ1n) is 10.0. The van der Waals surface area contributed by atoms with Gasteiger partial charge in [-0.05, 0) is 28.3 Å². The maximum Gasteiger partial charge on any atom is 0.0507 e. The fourth-order valence-electron chi connectivity index (χ4n) is 3.54. The summed E-state index contributed by atoms with van der Waals surface area (Å²) in [6.07, 6.45) is 1.04. The monoisotopic (exact) mass is 345 g/mol. The number of hydrogen-bond donors (Lipinski definition) is 1. The zero-order valence-electron chi connectivity index (χ0n) is 17.0. The minimum atomic E-state index is 1.04. The van der Waals surface area contributed by atoms with Gasteiger partial charge in [-0.25, -0.2) is 0 Å². The first-order chi connectivity index (χ1) is 12.9. The average Bonchev–Trinajstić information content (AvgIpc) is 3.31. The Kier molecular flexibility index (Phi) is 7.03. The van der Waals surface area contributed by atoms with E-state index < -0.39 is 0 Å². The van der Waals surface area contributed by atoms with Crippen LogP contribution in [0.1, 0.15) is 52.7 Å². The number of H-pyrrole nitrogens is 1. The number of benzene rings is 3. The van der Waals surface area contributed by atoms with Crippen LogP contribution in [-0.2, 0) is 6.42 Å². The van der Waals surface area contributed by atoms with Crippen LogP contribution in [0.3, 0.4) is 0 Å². The first kappa shape index (κ1) is 19.8. The second kappa shape index (κ2) is 9.24. The highest BCUT2D eigenvalue weighted by Crippen LogP contribution is 2.41. The summed E-state index contributed by atoms with van der Waals surface area (Å²) in [5, 5.41) is 2.66. The minimum Gasteiger partial charge on any atom is -0.354 e. The lowest BCUT2D eigenvalue weighted by Crippen LogP contribution is -1.82. The molecule has 0 saturated carbocycles. The van der Waals surface area contributed by atoms with Crippen molar-refractivity contribution in [1.82, 2.24) is 4.98 Å². The molecule has 0 bridgehead atoms. The summed E-state index contributed by atoms with van der Waals surface area (Å²) in [6, 6.07) is 21.8. The van der Waals surface area contributed by atoms with Crippen molar-refractivity contribution in [2.75, 3.05) is 0 Å². The van der Waals surface area contributed by atoms with Gasteiger partial charge in [0.15, 0.2) is 0 Å². The van der Waals surface area contributed by atoms with Gasteiger partial charge in [0.05, 0.1) is 5.52 Å². The molecule has 0 saturated heterocycles. The van der Waals surface area contributed by atoms with Gasteiger partial charge in [0, 0.05) is 22.7 Å². The van der Waals surface area contributed by atoms with Crippen LogP contribution in [0, 0.1) is 0 Å². The summed E-state index contributed by atoms with van der Waals surface area (Å²) in [5.74, 6) is 0. The maximum atomic E-state index is 3.61. The van der Waals surface area contributed by atoms with E-state index >= 15 is 0 Å². The minimum absolute atomic E-state index is 1.04. The van der Waals surface area contributed by atoms with E-state index in [9.17, 15) is 0 Å². The van der Waals surface area contributed by atoms with Crippen molar-refractivity contribution >= 4 is 21.8 Å². The van der Waals surface area contributed by atoms with Crippen LogP contribution in [0.4, 0.5) is 0 Å². The Hall–Kier alpha value is -2.54. The third-order valence-corrected chi connectivity index (χ3v) is 4.46. The molecule has 0 fully saturated rings. The van der Waals surface area contributed by atoms with Crippen molar-refractivity contribution in [3.8, 4) is 11.1 Å². The normalized spacial score (nSPS) is 10.5. The van der Waals surface area contributed by atoms with Crippen LogP contribution in [0.15, 0.2) is 60.7 Å². The van der Waals surface area contributed by atoms with Crippen molar-refractivity contribution in [2.45, 2.75) is 48.0 Å². The smallest absolute Gasteiger partial charge is 0.0507 e. The highest BCUT2D eigenvalue weighted by atomic mass is 14.7. The first-order valence-corrected chi connectivity index (χ1v) is 10.0. The third-order valence-electron chi connectivity index (χ3n) is 4.46. The molecular weight excluding hydrogens is 314 g/mol. The number of rotatable bonds is 0. The van der Waals surface area contributed by atoms with Gasteiger partial charge < -0.3 is 4.98 Å². The van der Waals surface area contributed by atoms with E-state index in [1.807, 2.05) is 41.5 Å². The highest BCUT2D eigenvalue weighted by molar-refractivity contribution is 6.10. The molecule has 1 heterocycles. The molecular formula is C25H31N. The average molecular weight is 346 g/mol. The molecule has 5 rings (SSSR count). The number of fused-ring (bicyclic) bond motifs is 7. The number of para-hydroxylation sites is 1. The lowest BCUT2D eigenvalue weighted by atomic mass is 10.0. The Morgan fingerprint density at radius 3 is 2.04 bits per heavy atom. The topological polar surface area (TPSA) is 15.8 Å². The molecule has 0 atom stereocenters. The van der Waals surface area contributed by atoms with E-state index in [1.54, 1.807) is 0 Å². The zero-order valence-corrected chi connectivity index (χ0v) is 17.0. The Morgan fingerprint density at radius 2 is 1.27 bits per heavy atom. The molecule has 136 valence electrons. The standard InChI is InChI=1S/C19H13N.3C2H6/c1-2-6-13-12(5-1)11-17-14(13)9-10-16-15-7-3-4-8-18(15)20-19(16)17;3*1-2/h1-10,20H,11H2;3*1-2H3. The van der Waals surface area contributed by atoms with Gasteiger partial charge >= 0.3 is 0 Å². The van der Waals surface area contributed by atoms with E-state index in [0.717, 1.165) is 6.42 Å². The summed E-state index contributed by atoms with van der Waals surface area (Å²) in [7, 11) is 0. The molecule has 0 aliphatic heterocycles. The van der Waals surface area contributed by atoms with E-state index in [0.29, 0.717) is 0 Å². The van der Waals surface area contributed by atoms with Crippen molar-refractivity contribution in [1.29, 1.82) is 0 Å². The number of hydrogen-bond acceptors (Lipinski definition) is 0. The quantitative estimate of drug-likeness (QED) is 0.293. The maximum absolute atomic E-state index is 3.61. The van der Waals surface area contributed by atoms with E-state index in [-0.39, 0.29) is 0 Å². The van der Waals surface area contributed by atoms with Crippen molar-refractivity contribution in [2.24, 2.45) is 0 Å². The molecule has 0 spiro atoms. The molecule has 4 aromatic rings. The number of nitrogens with one attached hydrogen (secondary N) is 1. The van der Waals surface area contributed by atoms with Gasteiger partial charge in [-0.15, -0.1) is 0 Å². The van der Waals surface area contributed by atoms with Gasteiger partial charge in [-0.2, -0.15) is 0 Å². The molecule has 1 aliphatic rings. The summed E-state index contributed by atoms with van der Waals surface area (Å²) in [6.45, 7) is 12.0. The second-order valence-corrected chi connectivity index (χ2v) is 5.52. The molecule has 1 heteroatoms. The molecule has 3 aromatic carbocycles. The SMILES string of the molecule is CC.CC.CC.c1ccc2c(c1)Cc1c-2ccc2c1[nH]c1ccccc12. The second-order valence-electron chi connectivity index (χ2n) is 5.52. The number of aromatic nitrogens is 1. The molecule has 0 radical (unpaired) electrons. The summed E-state index contributed by atoms with van der Waals surface area (Å²) in [5.41, 5.74) is 8.20. The van der Waals surface area contributed by atoms with Crippen molar-refractivity contribution < 1.29 is 0 Å². The molecule has 0 amide bonds. The van der Waals surface area contributed by atoms with E-state index in [4.69, 9.17) is 0 Å². The number of aromatic amines is 1.